The molecule has 1 heterocycles. The van der Waals surface area contributed by atoms with Gasteiger partial charge in [0.05, 0.1) is 24.8 Å². The van der Waals surface area contributed by atoms with Crippen molar-refractivity contribution in [3.05, 3.63) is 58.5 Å². The van der Waals surface area contributed by atoms with Crippen molar-refractivity contribution in [2.75, 3.05) is 13.7 Å². The summed E-state index contributed by atoms with van der Waals surface area (Å²) >= 11 is 0. The molecular formula is C23H28N4O5. The zero-order valence-electron chi connectivity index (χ0n) is 18.7. The number of aryl methyl sites for hydroxylation is 1. The highest BCUT2D eigenvalue weighted by Crippen LogP contribution is 2.28. The summed E-state index contributed by atoms with van der Waals surface area (Å²) in [4.78, 5) is 37.3. The number of para-hydroxylation sites is 2. The molecule has 9 nitrogen and oxygen atoms in total. The maximum absolute atomic E-state index is 12.5. The Bertz CT molecular complexity index is 1180. The highest BCUT2D eigenvalue weighted by atomic mass is 16.5. The Morgan fingerprint density at radius 3 is 2.44 bits per heavy atom. The highest BCUT2D eigenvalue weighted by molar-refractivity contribution is 5.96. The highest BCUT2D eigenvalue weighted by Gasteiger charge is 2.15. The van der Waals surface area contributed by atoms with E-state index in [2.05, 4.69) is 24.7 Å². The Labute approximate surface area is 185 Å². The number of methoxy groups -OCH3 is 1. The van der Waals surface area contributed by atoms with Crippen LogP contribution in [0.25, 0.3) is 11.0 Å². The fourth-order valence-electron chi connectivity index (χ4n) is 3.23. The monoisotopic (exact) mass is 440 g/mol. The lowest BCUT2D eigenvalue weighted by Gasteiger charge is -2.13. The number of amides is 2. The molecule has 32 heavy (non-hydrogen) atoms. The molecule has 0 aliphatic carbocycles. The lowest BCUT2D eigenvalue weighted by molar-refractivity contribution is -0.122. The number of rotatable bonds is 8. The van der Waals surface area contributed by atoms with E-state index in [9.17, 15) is 14.4 Å². The van der Waals surface area contributed by atoms with Crippen LogP contribution in [0.4, 0.5) is 0 Å². The van der Waals surface area contributed by atoms with Gasteiger partial charge < -0.3 is 9.47 Å². The maximum atomic E-state index is 12.5. The predicted molar refractivity (Wildman–Crippen MR) is 121 cm³/mol. The van der Waals surface area contributed by atoms with Crippen molar-refractivity contribution in [1.29, 1.82) is 0 Å². The molecule has 0 radical (unpaired) electrons. The quantitative estimate of drug-likeness (QED) is 0.523. The standard InChI is InChI=1S/C23H28N4O5/c1-15(2)11-12-32-19-10-9-16(13-20(19)31-4)22(29)25-24-21(28)14-27-18-8-6-5-7-17(18)26(3)23(27)30/h5-10,13,15H,11-12,14H2,1-4H3,(H,24,28)(H,25,29). The van der Waals surface area contributed by atoms with Crippen molar-refractivity contribution in [2.45, 2.75) is 26.8 Å². The van der Waals surface area contributed by atoms with Gasteiger partial charge >= 0.3 is 5.69 Å². The zero-order valence-corrected chi connectivity index (χ0v) is 18.7. The number of ether oxygens (including phenoxy) is 2. The van der Waals surface area contributed by atoms with E-state index in [-0.39, 0.29) is 12.2 Å². The van der Waals surface area contributed by atoms with Gasteiger partial charge in [-0.25, -0.2) is 4.79 Å². The van der Waals surface area contributed by atoms with Gasteiger partial charge in [0.2, 0.25) is 0 Å². The molecule has 2 N–H and O–H groups in total. The minimum absolute atomic E-state index is 0.230. The van der Waals surface area contributed by atoms with Crippen LogP contribution in [0.3, 0.4) is 0 Å². The molecule has 170 valence electrons. The molecule has 0 saturated heterocycles. The molecule has 1 aromatic heterocycles. The van der Waals surface area contributed by atoms with Crippen molar-refractivity contribution < 1.29 is 19.1 Å². The molecule has 3 aromatic rings. The number of nitrogens with one attached hydrogen (secondary N) is 2. The summed E-state index contributed by atoms with van der Waals surface area (Å²) in [6.07, 6.45) is 0.900. The number of fused-ring (bicyclic) bond motifs is 1. The average molecular weight is 441 g/mol. The van der Waals surface area contributed by atoms with E-state index in [1.165, 1.54) is 16.2 Å². The summed E-state index contributed by atoms with van der Waals surface area (Å²) < 4.78 is 13.9. The van der Waals surface area contributed by atoms with E-state index < -0.39 is 11.8 Å². The Morgan fingerprint density at radius 2 is 1.75 bits per heavy atom. The van der Waals surface area contributed by atoms with Gasteiger partial charge in [-0.15, -0.1) is 0 Å². The molecule has 0 unspecified atom stereocenters. The number of carbonyl (C=O) groups excluding carboxylic acids is 2. The molecule has 3 rings (SSSR count). The van der Waals surface area contributed by atoms with Crippen LogP contribution in [-0.2, 0) is 18.4 Å². The van der Waals surface area contributed by atoms with Crippen LogP contribution in [0.15, 0.2) is 47.3 Å². The van der Waals surface area contributed by atoms with Crippen LogP contribution in [0.5, 0.6) is 11.5 Å². The summed E-state index contributed by atoms with van der Waals surface area (Å²) in [7, 11) is 3.14. The first-order chi connectivity index (χ1) is 15.3. The van der Waals surface area contributed by atoms with E-state index in [4.69, 9.17) is 9.47 Å². The topological polar surface area (TPSA) is 104 Å². The number of hydrazine groups is 1. The first kappa shape index (κ1) is 22.9. The number of hydrogen-bond donors (Lipinski definition) is 2. The summed E-state index contributed by atoms with van der Waals surface area (Å²) in [6, 6.07) is 12.0. The summed E-state index contributed by atoms with van der Waals surface area (Å²) in [5.74, 6) is 0.437. The third-order valence-corrected chi connectivity index (χ3v) is 5.05. The van der Waals surface area contributed by atoms with E-state index in [1.807, 2.05) is 6.07 Å². The molecule has 2 aromatic carbocycles. The Morgan fingerprint density at radius 1 is 1.03 bits per heavy atom. The van der Waals surface area contributed by atoms with E-state index >= 15 is 0 Å². The second-order valence-corrected chi connectivity index (χ2v) is 7.82. The minimum atomic E-state index is -0.530. The molecule has 0 atom stereocenters. The van der Waals surface area contributed by atoms with Gasteiger partial charge in [0.15, 0.2) is 11.5 Å². The van der Waals surface area contributed by atoms with E-state index in [0.717, 1.165) is 11.9 Å². The Hall–Kier alpha value is -3.75. The van der Waals surface area contributed by atoms with Crippen molar-refractivity contribution in [1.82, 2.24) is 20.0 Å². The van der Waals surface area contributed by atoms with Gasteiger partial charge in [0.1, 0.15) is 6.54 Å². The van der Waals surface area contributed by atoms with Crippen LogP contribution in [0.2, 0.25) is 0 Å². The van der Waals surface area contributed by atoms with Gasteiger partial charge in [-0.05, 0) is 42.7 Å². The average Bonchev–Trinajstić information content (AvgIpc) is 3.02. The Kier molecular flexibility index (Phi) is 7.19. The van der Waals surface area contributed by atoms with E-state index in [1.54, 1.807) is 43.4 Å². The Balaban J connectivity index is 1.62. The number of aromatic nitrogens is 2. The van der Waals surface area contributed by atoms with Crippen LogP contribution in [-0.4, -0.2) is 34.7 Å². The van der Waals surface area contributed by atoms with Crippen LogP contribution in [0, 0.1) is 5.92 Å². The largest absolute Gasteiger partial charge is 0.493 e. The summed E-state index contributed by atoms with van der Waals surface area (Å²) in [6.45, 7) is 4.54. The first-order valence-corrected chi connectivity index (χ1v) is 10.4. The van der Waals surface area contributed by atoms with Crippen molar-refractivity contribution in [3.8, 4) is 11.5 Å². The maximum Gasteiger partial charge on any atom is 0.329 e. The summed E-state index contributed by atoms with van der Waals surface area (Å²) in [5, 5.41) is 0. The molecule has 0 saturated carbocycles. The van der Waals surface area contributed by atoms with Gasteiger partial charge in [-0.1, -0.05) is 26.0 Å². The van der Waals surface area contributed by atoms with E-state index in [0.29, 0.717) is 35.1 Å². The lowest BCUT2D eigenvalue weighted by atomic mass is 10.1. The van der Waals surface area contributed by atoms with Crippen LogP contribution >= 0.6 is 0 Å². The smallest absolute Gasteiger partial charge is 0.329 e. The number of hydrogen-bond acceptors (Lipinski definition) is 5. The third kappa shape index (κ3) is 5.11. The molecular weight excluding hydrogens is 412 g/mol. The van der Waals surface area contributed by atoms with Crippen molar-refractivity contribution in [2.24, 2.45) is 13.0 Å². The molecule has 0 fully saturated rings. The molecule has 0 aliphatic heterocycles. The number of carbonyl (C=O) groups is 2. The van der Waals surface area contributed by atoms with Gasteiger partial charge in [-0.3, -0.25) is 29.6 Å². The van der Waals surface area contributed by atoms with Gasteiger partial charge in [0.25, 0.3) is 11.8 Å². The van der Waals surface area contributed by atoms with Gasteiger partial charge in [-0.2, -0.15) is 0 Å². The number of imidazole rings is 1. The lowest BCUT2D eigenvalue weighted by Crippen LogP contribution is -2.44. The van der Waals surface area contributed by atoms with Crippen LogP contribution in [0.1, 0.15) is 30.6 Å². The van der Waals surface area contributed by atoms with Crippen molar-refractivity contribution >= 4 is 22.8 Å². The van der Waals surface area contributed by atoms with Crippen LogP contribution < -0.4 is 26.0 Å². The predicted octanol–water partition coefficient (Wildman–Crippen LogP) is 2.23. The molecule has 0 bridgehead atoms. The van der Waals surface area contributed by atoms with Gasteiger partial charge in [0, 0.05) is 12.6 Å². The molecule has 9 heteroatoms. The second-order valence-electron chi connectivity index (χ2n) is 7.82. The first-order valence-electron chi connectivity index (χ1n) is 10.4. The van der Waals surface area contributed by atoms with Crippen molar-refractivity contribution in [3.63, 3.8) is 0 Å². The fourth-order valence-corrected chi connectivity index (χ4v) is 3.23. The number of nitrogens with zero attached hydrogens (tertiary/aromatic N) is 2. The minimum Gasteiger partial charge on any atom is -0.493 e. The normalized spacial score (nSPS) is 10.9. The summed E-state index contributed by atoms with van der Waals surface area (Å²) in [5.41, 5.74) is 6.05. The molecule has 0 aliphatic rings. The second kappa shape index (κ2) is 10.0. The third-order valence-electron chi connectivity index (χ3n) is 5.05. The molecule has 2 amide bonds. The molecule has 0 spiro atoms. The SMILES string of the molecule is COc1cc(C(=O)NNC(=O)Cn2c(=O)n(C)c3ccccc32)ccc1OCCC(C)C. The zero-order chi connectivity index (χ0) is 23.3. The number of benzene rings is 2. The fraction of sp³-hybridized carbons (Fsp3) is 0.348.